The lowest BCUT2D eigenvalue weighted by atomic mass is 10.0. The van der Waals surface area contributed by atoms with E-state index < -0.39 is 11.7 Å². The second-order valence-corrected chi connectivity index (χ2v) is 3.87. The van der Waals surface area contributed by atoms with Gasteiger partial charge in [-0.05, 0) is 23.8 Å². The lowest BCUT2D eigenvalue weighted by Gasteiger charge is -2.13. The average molecular weight is 252 g/mol. The highest BCUT2D eigenvalue weighted by Crippen LogP contribution is 2.35. The van der Waals surface area contributed by atoms with Crippen LogP contribution in [0.4, 0.5) is 18.9 Å². The summed E-state index contributed by atoms with van der Waals surface area (Å²) in [7, 11) is 0. The summed E-state index contributed by atoms with van der Waals surface area (Å²) >= 11 is 0. The van der Waals surface area contributed by atoms with Crippen LogP contribution in [-0.2, 0) is 12.6 Å². The van der Waals surface area contributed by atoms with Crippen LogP contribution in [0.1, 0.15) is 16.8 Å². The number of nitrogen functional groups attached to an aromatic ring is 1. The van der Waals surface area contributed by atoms with Gasteiger partial charge in [0.2, 0.25) is 0 Å². The van der Waals surface area contributed by atoms with E-state index in [9.17, 15) is 13.2 Å². The third kappa shape index (κ3) is 2.61. The Kier molecular flexibility index (Phi) is 3.23. The molecule has 0 spiro atoms. The molecule has 0 amide bonds. The molecule has 1 aromatic heterocycles. The Morgan fingerprint density at radius 2 is 1.83 bits per heavy atom. The molecule has 0 aliphatic carbocycles. The first-order valence-corrected chi connectivity index (χ1v) is 5.33. The smallest absolute Gasteiger partial charge is 0.398 e. The maximum atomic E-state index is 12.7. The number of aromatic nitrogens is 1. The summed E-state index contributed by atoms with van der Waals surface area (Å²) < 4.78 is 38.0. The van der Waals surface area contributed by atoms with E-state index in [0.29, 0.717) is 11.3 Å². The van der Waals surface area contributed by atoms with E-state index in [-0.39, 0.29) is 12.1 Å². The zero-order chi connectivity index (χ0) is 13.2. The van der Waals surface area contributed by atoms with Crippen molar-refractivity contribution in [2.24, 2.45) is 0 Å². The summed E-state index contributed by atoms with van der Waals surface area (Å²) in [5.74, 6) is 0. The predicted octanol–water partition coefficient (Wildman–Crippen LogP) is 3.27. The molecule has 18 heavy (non-hydrogen) atoms. The number of alkyl halides is 3. The molecule has 2 N–H and O–H groups in total. The van der Waals surface area contributed by atoms with Gasteiger partial charge in [-0.3, -0.25) is 4.98 Å². The van der Waals surface area contributed by atoms with Crippen LogP contribution in [0.15, 0.2) is 42.6 Å². The minimum Gasteiger partial charge on any atom is -0.398 e. The second kappa shape index (κ2) is 4.68. The Balaban J connectivity index is 2.36. The number of anilines is 1. The van der Waals surface area contributed by atoms with Crippen LogP contribution in [0.25, 0.3) is 0 Å². The quantitative estimate of drug-likeness (QED) is 0.833. The first kappa shape index (κ1) is 12.4. The lowest BCUT2D eigenvalue weighted by Crippen LogP contribution is -2.11. The SMILES string of the molecule is Nc1c(Cc2ccccn2)cccc1C(F)(F)F. The molecule has 5 heteroatoms. The van der Waals surface area contributed by atoms with Crippen molar-refractivity contribution in [3.05, 3.63) is 59.4 Å². The van der Waals surface area contributed by atoms with Crippen molar-refractivity contribution in [1.82, 2.24) is 4.98 Å². The van der Waals surface area contributed by atoms with E-state index in [4.69, 9.17) is 5.73 Å². The van der Waals surface area contributed by atoms with Gasteiger partial charge in [0, 0.05) is 24.0 Å². The first-order valence-electron chi connectivity index (χ1n) is 5.33. The molecular formula is C13H11F3N2. The molecule has 2 nitrogen and oxygen atoms in total. The van der Waals surface area contributed by atoms with Gasteiger partial charge in [0.25, 0.3) is 0 Å². The summed E-state index contributed by atoms with van der Waals surface area (Å²) in [6.45, 7) is 0. The molecule has 0 atom stereocenters. The van der Waals surface area contributed by atoms with Crippen LogP contribution in [0.3, 0.4) is 0 Å². The Hall–Kier alpha value is -2.04. The third-order valence-corrected chi connectivity index (χ3v) is 2.60. The molecule has 2 rings (SSSR count). The number of hydrogen-bond acceptors (Lipinski definition) is 2. The normalized spacial score (nSPS) is 11.5. The molecule has 2 aromatic rings. The summed E-state index contributed by atoms with van der Waals surface area (Å²) in [5, 5.41) is 0. The van der Waals surface area contributed by atoms with E-state index in [0.717, 1.165) is 6.07 Å². The van der Waals surface area contributed by atoms with Gasteiger partial charge in [0.15, 0.2) is 0 Å². The van der Waals surface area contributed by atoms with Crippen LogP contribution in [-0.4, -0.2) is 4.98 Å². The molecule has 1 heterocycles. The molecule has 1 aromatic carbocycles. The Morgan fingerprint density at radius 1 is 1.06 bits per heavy atom. The molecule has 94 valence electrons. The zero-order valence-electron chi connectivity index (χ0n) is 9.41. The molecule has 0 saturated carbocycles. The fourth-order valence-electron chi connectivity index (χ4n) is 1.71. The number of nitrogens with zero attached hydrogens (tertiary/aromatic N) is 1. The lowest BCUT2D eigenvalue weighted by molar-refractivity contribution is -0.136. The standard InChI is InChI=1S/C13H11F3N2/c14-13(15,16)11-6-3-4-9(12(11)17)8-10-5-1-2-7-18-10/h1-7H,8,17H2. The zero-order valence-corrected chi connectivity index (χ0v) is 9.41. The number of halogens is 3. The van der Waals surface area contributed by atoms with Crippen molar-refractivity contribution in [3.8, 4) is 0 Å². The number of benzene rings is 1. The van der Waals surface area contributed by atoms with E-state index >= 15 is 0 Å². The molecular weight excluding hydrogens is 241 g/mol. The molecule has 0 saturated heterocycles. The van der Waals surface area contributed by atoms with Crippen LogP contribution >= 0.6 is 0 Å². The van der Waals surface area contributed by atoms with E-state index in [1.54, 1.807) is 30.5 Å². The van der Waals surface area contributed by atoms with E-state index in [2.05, 4.69) is 4.98 Å². The van der Waals surface area contributed by atoms with Crippen molar-refractivity contribution in [2.75, 3.05) is 5.73 Å². The maximum Gasteiger partial charge on any atom is 0.418 e. The van der Waals surface area contributed by atoms with Crippen molar-refractivity contribution in [2.45, 2.75) is 12.6 Å². The largest absolute Gasteiger partial charge is 0.418 e. The molecule has 0 aliphatic rings. The van der Waals surface area contributed by atoms with Crippen LogP contribution in [0, 0.1) is 0 Å². The van der Waals surface area contributed by atoms with Gasteiger partial charge in [0.05, 0.1) is 5.56 Å². The fourth-order valence-corrected chi connectivity index (χ4v) is 1.71. The van der Waals surface area contributed by atoms with E-state index in [1.165, 1.54) is 6.07 Å². The average Bonchev–Trinajstić information content (AvgIpc) is 2.32. The monoisotopic (exact) mass is 252 g/mol. The summed E-state index contributed by atoms with van der Waals surface area (Å²) in [5.41, 5.74) is 5.67. The van der Waals surface area contributed by atoms with Gasteiger partial charge in [-0.2, -0.15) is 13.2 Å². The summed E-state index contributed by atoms with van der Waals surface area (Å²) in [4.78, 5) is 4.07. The minimum atomic E-state index is -4.43. The van der Waals surface area contributed by atoms with Gasteiger partial charge in [-0.15, -0.1) is 0 Å². The highest BCUT2D eigenvalue weighted by atomic mass is 19.4. The number of rotatable bonds is 2. The van der Waals surface area contributed by atoms with Gasteiger partial charge in [0.1, 0.15) is 0 Å². The number of nitrogens with two attached hydrogens (primary N) is 1. The number of pyridine rings is 1. The topological polar surface area (TPSA) is 38.9 Å². The summed E-state index contributed by atoms with van der Waals surface area (Å²) in [6.07, 6.45) is -2.54. The van der Waals surface area contributed by atoms with Crippen LogP contribution in [0.5, 0.6) is 0 Å². The van der Waals surface area contributed by atoms with Crippen molar-refractivity contribution in [3.63, 3.8) is 0 Å². The van der Waals surface area contributed by atoms with Gasteiger partial charge >= 0.3 is 6.18 Å². The van der Waals surface area contributed by atoms with Crippen molar-refractivity contribution in [1.29, 1.82) is 0 Å². The Labute approximate surface area is 102 Å². The van der Waals surface area contributed by atoms with Crippen molar-refractivity contribution < 1.29 is 13.2 Å². The summed E-state index contributed by atoms with van der Waals surface area (Å²) in [6, 6.07) is 9.21. The molecule has 0 bridgehead atoms. The third-order valence-electron chi connectivity index (χ3n) is 2.60. The maximum absolute atomic E-state index is 12.7. The minimum absolute atomic E-state index is 0.226. The highest BCUT2D eigenvalue weighted by molar-refractivity contribution is 5.56. The van der Waals surface area contributed by atoms with Crippen LogP contribution in [0.2, 0.25) is 0 Å². The first-order chi connectivity index (χ1) is 8.48. The van der Waals surface area contributed by atoms with E-state index in [1.807, 2.05) is 0 Å². The highest BCUT2D eigenvalue weighted by Gasteiger charge is 2.33. The number of para-hydroxylation sites is 1. The fraction of sp³-hybridized carbons (Fsp3) is 0.154. The number of hydrogen-bond donors (Lipinski definition) is 1. The molecule has 0 aliphatic heterocycles. The van der Waals surface area contributed by atoms with Gasteiger partial charge in [-0.25, -0.2) is 0 Å². The predicted molar refractivity (Wildman–Crippen MR) is 62.9 cm³/mol. The van der Waals surface area contributed by atoms with Crippen LogP contribution < -0.4 is 5.73 Å². The second-order valence-electron chi connectivity index (χ2n) is 3.87. The Bertz CT molecular complexity index is 536. The molecule has 0 fully saturated rings. The molecule has 0 unspecified atom stereocenters. The van der Waals surface area contributed by atoms with Crippen molar-refractivity contribution >= 4 is 5.69 Å². The van der Waals surface area contributed by atoms with Gasteiger partial charge < -0.3 is 5.73 Å². The van der Waals surface area contributed by atoms with Gasteiger partial charge in [-0.1, -0.05) is 18.2 Å². The Morgan fingerprint density at radius 3 is 2.44 bits per heavy atom. The molecule has 0 radical (unpaired) electrons.